The molecule has 162 valence electrons. The Morgan fingerprint density at radius 1 is 1.16 bits per heavy atom. The van der Waals surface area contributed by atoms with Gasteiger partial charge in [-0.15, -0.1) is 10.2 Å². The van der Waals surface area contributed by atoms with Crippen molar-refractivity contribution < 1.29 is 9.59 Å². The van der Waals surface area contributed by atoms with Crippen molar-refractivity contribution in [2.45, 2.75) is 18.1 Å². The van der Waals surface area contributed by atoms with E-state index in [0.29, 0.717) is 27.3 Å². The van der Waals surface area contributed by atoms with Gasteiger partial charge in [0.25, 0.3) is 5.91 Å². The van der Waals surface area contributed by atoms with E-state index in [1.54, 1.807) is 30.7 Å². The molecule has 1 heterocycles. The Morgan fingerprint density at radius 3 is 2.55 bits per heavy atom. The van der Waals surface area contributed by atoms with Crippen LogP contribution in [0.1, 0.15) is 29.1 Å². The summed E-state index contributed by atoms with van der Waals surface area (Å²) in [5.41, 5.74) is 1.03. The summed E-state index contributed by atoms with van der Waals surface area (Å²) >= 11 is 16.6. The number of nitrogens with zero attached hydrogens (tertiary/aromatic N) is 3. The third-order valence-electron chi connectivity index (χ3n) is 4.24. The van der Waals surface area contributed by atoms with E-state index in [4.69, 9.17) is 23.2 Å². The smallest absolute Gasteiger partial charge is 0.253 e. The molecule has 0 spiro atoms. The second kappa shape index (κ2) is 10.5. The normalized spacial score (nSPS) is 11.8. The van der Waals surface area contributed by atoms with Crippen LogP contribution in [0.3, 0.4) is 0 Å². The first-order valence-corrected chi connectivity index (χ1v) is 11.6. The minimum atomic E-state index is -0.428. The van der Waals surface area contributed by atoms with Gasteiger partial charge in [0.15, 0.2) is 11.0 Å². The molecule has 0 aliphatic rings. The van der Waals surface area contributed by atoms with Gasteiger partial charge in [0.05, 0.1) is 22.4 Å². The molecule has 0 unspecified atom stereocenters. The zero-order chi connectivity index (χ0) is 22.5. The predicted octanol–water partition coefficient (Wildman–Crippen LogP) is 5.11. The summed E-state index contributed by atoms with van der Waals surface area (Å²) in [5.74, 6) is 0.216. The molecule has 3 rings (SSSR count). The van der Waals surface area contributed by atoms with E-state index >= 15 is 0 Å². The van der Waals surface area contributed by atoms with E-state index in [1.807, 2.05) is 24.3 Å². The topological polar surface area (TPSA) is 88.9 Å². The number of anilines is 1. The maximum Gasteiger partial charge on any atom is 0.253 e. The maximum absolute atomic E-state index is 12.5. The largest absolute Gasteiger partial charge is 0.342 e. The fourth-order valence-electron chi connectivity index (χ4n) is 2.70. The summed E-state index contributed by atoms with van der Waals surface area (Å²) in [6.07, 6.45) is 0. The molecule has 7 nitrogen and oxygen atoms in total. The minimum absolute atomic E-state index is 0.157. The maximum atomic E-state index is 12.5. The number of benzene rings is 2. The third-order valence-corrected chi connectivity index (χ3v) is 6.34. The lowest BCUT2D eigenvalue weighted by Crippen LogP contribution is -2.28. The Kier molecular flexibility index (Phi) is 7.99. The number of hydrogen-bond acceptors (Lipinski definition) is 5. The number of thioether (sulfide) groups is 1. The first-order chi connectivity index (χ1) is 14.7. The molecule has 1 aromatic heterocycles. The van der Waals surface area contributed by atoms with Crippen LogP contribution in [0, 0.1) is 0 Å². The molecule has 0 aliphatic carbocycles. The van der Waals surface area contributed by atoms with E-state index in [9.17, 15) is 9.59 Å². The summed E-state index contributed by atoms with van der Waals surface area (Å²) in [7, 11) is 1.78. The third kappa shape index (κ3) is 6.22. The van der Waals surface area contributed by atoms with Gasteiger partial charge in [0, 0.05) is 22.2 Å². The Morgan fingerprint density at radius 2 is 1.87 bits per heavy atom. The molecule has 3 aromatic rings. The first kappa shape index (κ1) is 23.6. The van der Waals surface area contributed by atoms with Crippen LogP contribution in [-0.4, -0.2) is 32.3 Å². The molecule has 0 radical (unpaired) electrons. The molecule has 11 heteroatoms. The van der Waals surface area contributed by atoms with Crippen LogP contribution in [0.25, 0.3) is 0 Å². The second-order valence-corrected chi connectivity index (χ2v) is 9.26. The first-order valence-electron chi connectivity index (χ1n) is 9.08. The van der Waals surface area contributed by atoms with Crippen molar-refractivity contribution >= 4 is 68.4 Å². The van der Waals surface area contributed by atoms with Crippen LogP contribution >= 0.6 is 50.9 Å². The molecular weight excluding hydrogens is 525 g/mol. The fraction of sp³-hybridized carbons (Fsp3) is 0.200. The molecule has 2 aromatic carbocycles. The van der Waals surface area contributed by atoms with Crippen LogP contribution in [0.4, 0.5) is 5.69 Å². The van der Waals surface area contributed by atoms with Crippen LogP contribution in [0.5, 0.6) is 0 Å². The highest BCUT2D eigenvalue weighted by Crippen LogP contribution is 2.23. The van der Waals surface area contributed by atoms with Gasteiger partial charge in [-0.2, -0.15) is 0 Å². The summed E-state index contributed by atoms with van der Waals surface area (Å²) in [5, 5.41) is 15.2. The Hall–Kier alpha value is -2.07. The van der Waals surface area contributed by atoms with Crippen molar-refractivity contribution in [1.29, 1.82) is 0 Å². The Bertz CT molecular complexity index is 1110. The van der Waals surface area contributed by atoms with Gasteiger partial charge in [-0.3, -0.25) is 9.59 Å². The standard InChI is InChI=1S/C20H18BrCl2N5O2S/c1-11(24-19(30)15-8-5-13(22)9-16(15)23)18-26-27-20(28(18)2)31-10-17(29)25-14-6-3-12(21)4-7-14/h3-9,11H,10H2,1-2H3,(H,24,30)(H,25,29)/t11-/m1/s1. The highest BCUT2D eigenvalue weighted by molar-refractivity contribution is 9.10. The van der Waals surface area contributed by atoms with Crippen molar-refractivity contribution in [3.63, 3.8) is 0 Å². The molecule has 0 saturated heterocycles. The van der Waals surface area contributed by atoms with Gasteiger partial charge in [0.2, 0.25) is 5.91 Å². The van der Waals surface area contributed by atoms with Gasteiger partial charge in [-0.05, 0) is 49.4 Å². The highest BCUT2D eigenvalue weighted by atomic mass is 79.9. The fourth-order valence-corrected chi connectivity index (χ4v) is 4.18. The van der Waals surface area contributed by atoms with Crippen molar-refractivity contribution in [3.8, 4) is 0 Å². The van der Waals surface area contributed by atoms with Crippen molar-refractivity contribution in [2.24, 2.45) is 7.05 Å². The van der Waals surface area contributed by atoms with Gasteiger partial charge in [-0.1, -0.05) is 50.9 Å². The quantitative estimate of drug-likeness (QED) is 0.405. The SMILES string of the molecule is C[C@@H](NC(=O)c1ccc(Cl)cc1Cl)c1nnc(SCC(=O)Nc2ccc(Br)cc2)n1C. The lowest BCUT2D eigenvalue weighted by molar-refractivity contribution is -0.113. The lowest BCUT2D eigenvalue weighted by Gasteiger charge is -2.14. The molecule has 2 amide bonds. The van der Waals surface area contributed by atoms with Crippen LogP contribution in [0.15, 0.2) is 52.1 Å². The van der Waals surface area contributed by atoms with Crippen LogP contribution in [0.2, 0.25) is 10.0 Å². The number of nitrogens with one attached hydrogen (secondary N) is 2. The summed E-state index contributed by atoms with van der Waals surface area (Å²) in [6, 6.07) is 11.6. The van der Waals surface area contributed by atoms with Gasteiger partial charge in [0.1, 0.15) is 0 Å². The number of amides is 2. The Balaban J connectivity index is 1.59. The van der Waals surface area contributed by atoms with Crippen LogP contribution < -0.4 is 10.6 Å². The number of carbonyl (C=O) groups excluding carboxylic acids is 2. The zero-order valence-electron chi connectivity index (χ0n) is 16.5. The summed E-state index contributed by atoms with van der Waals surface area (Å²) < 4.78 is 2.68. The van der Waals surface area contributed by atoms with Crippen molar-refractivity contribution in [2.75, 3.05) is 11.1 Å². The Labute approximate surface area is 202 Å². The van der Waals surface area contributed by atoms with E-state index in [2.05, 4.69) is 36.8 Å². The number of carbonyl (C=O) groups is 2. The van der Waals surface area contributed by atoms with Gasteiger partial charge in [-0.25, -0.2) is 0 Å². The molecule has 0 fully saturated rings. The lowest BCUT2D eigenvalue weighted by atomic mass is 10.2. The second-order valence-electron chi connectivity index (χ2n) is 6.56. The minimum Gasteiger partial charge on any atom is -0.342 e. The molecule has 0 aliphatic heterocycles. The average molecular weight is 543 g/mol. The monoisotopic (exact) mass is 541 g/mol. The molecule has 0 saturated carbocycles. The predicted molar refractivity (Wildman–Crippen MR) is 127 cm³/mol. The number of rotatable bonds is 7. The number of aromatic nitrogens is 3. The van der Waals surface area contributed by atoms with E-state index in [0.717, 1.165) is 4.47 Å². The molecule has 2 N–H and O–H groups in total. The van der Waals surface area contributed by atoms with Gasteiger partial charge < -0.3 is 15.2 Å². The van der Waals surface area contributed by atoms with Crippen molar-refractivity contribution in [3.05, 3.63) is 68.4 Å². The molecule has 31 heavy (non-hydrogen) atoms. The highest BCUT2D eigenvalue weighted by Gasteiger charge is 2.20. The zero-order valence-corrected chi connectivity index (χ0v) is 20.4. The summed E-state index contributed by atoms with van der Waals surface area (Å²) in [6.45, 7) is 1.79. The van der Waals surface area contributed by atoms with Crippen molar-refractivity contribution in [1.82, 2.24) is 20.1 Å². The van der Waals surface area contributed by atoms with E-state index in [1.165, 1.54) is 17.8 Å². The van der Waals surface area contributed by atoms with Gasteiger partial charge >= 0.3 is 0 Å². The van der Waals surface area contributed by atoms with Crippen LogP contribution in [-0.2, 0) is 11.8 Å². The number of hydrogen-bond donors (Lipinski definition) is 2. The average Bonchev–Trinajstić information content (AvgIpc) is 3.08. The summed E-state index contributed by atoms with van der Waals surface area (Å²) in [4.78, 5) is 24.7. The number of halogens is 3. The molecule has 1 atom stereocenters. The van der Waals surface area contributed by atoms with E-state index in [-0.39, 0.29) is 22.6 Å². The molecule has 0 bridgehead atoms. The van der Waals surface area contributed by atoms with E-state index < -0.39 is 6.04 Å². The molecular formula is C20H18BrCl2N5O2S.